The smallest absolute Gasteiger partial charge is 0.267 e. The molecule has 0 amide bonds. The molecule has 6 nitrogen and oxygen atoms in total. The minimum Gasteiger partial charge on any atom is -0.267 e. The molecule has 0 unspecified atom stereocenters. The summed E-state index contributed by atoms with van der Waals surface area (Å²) >= 11 is 0. The third kappa shape index (κ3) is 3.16. The average molecular weight is 375 g/mol. The van der Waals surface area contributed by atoms with Crippen LogP contribution >= 0.6 is 0 Å². The number of aromatic nitrogens is 3. The van der Waals surface area contributed by atoms with Gasteiger partial charge in [-0.1, -0.05) is 36.4 Å². The molecule has 0 aliphatic carbocycles. The molecule has 4 aromatic rings. The first-order valence-corrected chi connectivity index (χ1v) is 8.77. The predicted octanol–water partition coefficient (Wildman–Crippen LogP) is 3.70. The summed E-state index contributed by atoms with van der Waals surface area (Å²) in [7, 11) is 0. The lowest BCUT2D eigenvalue weighted by Crippen LogP contribution is -2.24. The summed E-state index contributed by atoms with van der Waals surface area (Å²) in [4.78, 5) is 17.9. The van der Waals surface area contributed by atoms with Crippen LogP contribution in [-0.2, 0) is 0 Å². The highest BCUT2D eigenvalue weighted by molar-refractivity contribution is 5.83. The fourth-order valence-corrected chi connectivity index (χ4v) is 3.15. The minimum absolute atomic E-state index is 0.309. The van der Waals surface area contributed by atoms with Crippen molar-refractivity contribution in [3.05, 3.63) is 101 Å². The van der Waals surface area contributed by atoms with Crippen LogP contribution in [0.15, 0.2) is 83.9 Å². The highest BCUT2D eigenvalue weighted by Crippen LogP contribution is 2.30. The average Bonchev–Trinajstić information content (AvgIpc) is 2.79. The number of nitriles is 2. The van der Waals surface area contributed by atoms with Crippen molar-refractivity contribution in [1.82, 2.24) is 14.8 Å². The number of para-hydroxylation sites is 1. The molecule has 2 heterocycles. The van der Waals surface area contributed by atoms with E-state index in [0.717, 1.165) is 0 Å². The lowest BCUT2D eigenvalue weighted by molar-refractivity contribution is 0.808. The standard InChI is InChI=1S/C23H13N5O/c24-13-16-7-1-3-9-18(16)22-19(20-10-5-6-12-26-20)15-27-28(23(22)29)21-11-4-2-8-17(21)14-25/h1-12,15H. The van der Waals surface area contributed by atoms with E-state index in [9.17, 15) is 15.3 Å². The number of benzene rings is 2. The summed E-state index contributed by atoms with van der Waals surface area (Å²) in [5.74, 6) is 0. The molecule has 29 heavy (non-hydrogen) atoms. The monoisotopic (exact) mass is 375 g/mol. The number of pyridine rings is 1. The lowest BCUT2D eigenvalue weighted by atomic mass is 9.96. The van der Waals surface area contributed by atoms with Crippen LogP contribution in [0.3, 0.4) is 0 Å². The van der Waals surface area contributed by atoms with Gasteiger partial charge in [0.25, 0.3) is 5.56 Å². The van der Waals surface area contributed by atoms with Crippen molar-refractivity contribution in [1.29, 1.82) is 10.5 Å². The quantitative estimate of drug-likeness (QED) is 0.544. The van der Waals surface area contributed by atoms with E-state index in [1.54, 1.807) is 73.1 Å². The SMILES string of the molecule is N#Cc1ccccc1-c1c(-c2ccccn2)cnn(-c2ccccc2C#N)c1=O. The third-order valence-corrected chi connectivity index (χ3v) is 4.49. The van der Waals surface area contributed by atoms with Gasteiger partial charge in [0.15, 0.2) is 0 Å². The van der Waals surface area contributed by atoms with Crippen LogP contribution in [-0.4, -0.2) is 14.8 Å². The normalized spacial score (nSPS) is 10.1. The zero-order chi connectivity index (χ0) is 20.2. The van der Waals surface area contributed by atoms with Crippen LogP contribution in [0.4, 0.5) is 0 Å². The summed E-state index contributed by atoms with van der Waals surface area (Å²) in [6.45, 7) is 0. The Balaban J connectivity index is 2.09. The molecule has 0 fully saturated rings. The molecule has 0 saturated carbocycles. The maximum atomic E-state index is 13.6. The van der Waals surface area contributed by atoms with Gasteiger partial charge in [-0.05, 0) is 30.3 Å². The van der Waals surface area contributed by atoms with E-state index in [1.165, 1.54) is 4.68 Å². The molecular formula is C23H13N5O. The van der Waals surface area contributed by atoms with Crippen molar-refractivity contribution in [2.75, 3.05) is 0 Å². The van der Waals surface area contributed by atoms with Gasteiger partial charge < -0.3 is 0 Å². The molecule has 0 saturated heterocycles. The molecule has 0 bridgehead atoms. The third-order valence-electron chi connectivity index (χ3n) is 4.49. The predicted molar refractivity (Wildman–Crippen MR) is 108 cm³/mol. The van der Waals surface area contributed by atoms with Crippen LogP contribution in [0.5, 0.6) is 0 Å². The van der Waals surface area contributed by atoms with Crippen LogP contribution in [0.2, 0.25) is 0 Å². The zero-order valence-electron chi connectivity index (χ0n) is 15.1. The first-order valence-electron chi connectivity index (χ1n) is 8.77. The van der Waals surface area contributed by atoms with E-state index in [4.69, 9.17) is 0 Å². The molecule has 0 radical (unpaired) electrons. The minimum atomic E-state index is -0.432. The second-order valence-electron chi connectivity index (χ2n) is 6.15. The molecular weight excluding hydrogens is 362 g/mol. The van der Waals surface area contributed by atoms with E-state index < -0.39 is 5.56 Å². The number of rotatable bonds is 3. The topological polar surface area (TPSA) is 95.4 Å². The Bertz CT molecular complexity index is 1340. The number of hydrogen-bond acceptors (Lipinski definition) is 5. The van der Waals surface area contributed by atoms with Gasteiger partial charge >= 0.3 is 0 Å². The van der Waals surface area contributed by atoms with Crippen molar-refractivity contribution in [2.45, 2.75) is 0 Å². The molecule has 6 heteroatoms. The van der Waals surface area contributed by atoms with Gasteiger partial charge in [-0.15, -0.1) is 0 Å². The van der Waals surface area contributed by atoms with E-state index in [-0.39, 0.29) is 0 Å². The van der Waals surface area contributed by atoms with Crippen LogP contribution < -0.4 is 5.56 Å². The largest absolute Gasteiger partial charge is 0.280 e. The summed E-state index contributed by atoms with van der Waals surface area (Å²) in [6.07, 6.45) is 3.17. The van der Waals surface area contributed by atoms with Crippen LogP contribution in [0.1, 0.15) is 11.1 Å². The van der Waals surface area contributed by atoms with E-state index in [1.807, 2.05) is 6.07 Å². The molecule has 2 aromatic heterocycles. The molecule has 136 valence electrons. The zero-order valence-corrected chi connectivity index (χ0v) is 15.1. The molecule has 2 aromatic carbocycles. The first kappa shape index (κ1) is 17.8. The Morgan fingerprint density at radius 1 is 0.793 bits per heavy atom. The van der Waals surface area contributed by atoms with E-state index in [2.05, 4.69) is 22.2 Å². The van der Waals surface area contributed by atoms with Crippen molar-refractivity contribution < 1.29 is 0 Å². The maximum absolute atomic E-state index is 13.6. The van der Waals surface area contributed by atoms with Gasteiger partial charge in [0.2, 0.25) is 0 Å². The van der Waals surface area contributed by atoms with Crippen LogP contribution in [0, 0.1) is 22.7 Å². The molecule has 4 rings (SSSR count). The Kier molecular flexibility index (Phi) is 4.67. The summed E-state index contributed by atoms with van der Waals surface area (Å²) < 4.78 is 1.19. The molecule has 0 N–H and O–H groups in total. The van der Waals surface area contributed by atoms with Gasteiger partial charge in [0.05, 0.1) is 40.3 Å². The molecule has 0 spiro atoms. The molecule has 0 atom stereocenters. The fourth-order valence-electron chi connectivity index (χ4n) is 3.15. The highest BCUT2D eigenvalue weighted by atomic mass is 16.1. The Morgan fingerprint density at radius 2 is 1.48 bits per heavy atom. The second-order valence-corrected chi connectivity index (χ2v) is 6.15. The van der Waals surface area contributed by atoms with E-state index >= 15 is 0 Å². The van der Waals surface area contributed by atoms with Crippen molar-refractivity contribution >= 4 is 0 Å². The van der Waals surface area contributed by atoms with Gasteiger partial charge in [-0.3, -0.25) is 9.78 Å². The second kappa shape index (κ2) is 7.59. The summed E-state index contributed by atoms with van der Waals surface area (Å²) in [5.41, 5.74) is 2.53. The highest BCUT2D eigenvalue weighted by Gasteiger charge is 2.20. The van der Waals surface area contributed by atoms with Gasteiger partial charge in [-0.25, -0.2) is 0 Å². The number of nitrogens with zero attached hydrogens (tertiary/aromatic N) is 5. The Morgan fingerprint density at radius 3 is 2.21 bits per heavy atom. The van der Waals surface area contributed by atoms with Gasteiger partial charge in [0.1, 0.15) is 6.07 Å². The number of hydrogen-bond donors (Lipinski definition) is 0. The Hall–Kier alpha value is -4.55. The van der Waals surface area contributed by atoms with E-state index in [0.29, 0.717) is 39.2 Å². The Labute approximate surface area is 166 Å². The molecule has 0 aliphatic heterocycles. The molecule has 0 aliphatic rings. The van der Waals surface area contributed by atoms with Gasteiger partial charge in [0, 0.05) is 17.3 Å². The summed E-state index contributed by atoms with van der Waals surface area (Å²) in [5, 5.41) is 23.3. The van der Waals surface area contributed by atoms with Gasteiger partial charge in [-0.2, -0.15) is 20.3 Å². The summed E-state index contributed by atoms with van der Waals surface area (Å²) in [6, 6.07) is 23.2. The fraction of sp³-hybridized carbons (Fsp3) is 0. The maximum Gasteiger partial charge on any atom is 0.280 e. The lowest BCUT2D eigenvalue weighted by Gasteiger charge is -2.13. The van der Waals surface area contributed by atoms with Crippen molar-refractivity contribution in [3.63, 3.8) is 0 Å². The first-order chi connectivity index (χ1) is 14.2. The van der Waals surface area contributed by atoms with Crippen molar-refractivity contribution in [2.24, 2.45) is 0 Å². The van der Waals surface area contributed by atoms with Crippen molar-refractivity contribution in [3.8, 4) is 40.2 Å². The van der Waals surface area contributed by atoms with Crippen LogP contribution in [0.25, 0.3) is 28.1 Å².